The number of aliphatic hydroxyl groups excluding tert-OH is 2. The van der Waals surface area contributed by atoms with Gasteiger partial charge in [0.05, 0.1) is 42.4 Å². The van der Waals surface area contributed by atoms with Crippen molar-refractivity contribution in [3.05, 3.63) is 113 Å². The van der Waals surface area contributed by atoms with Gasteiger partial charge in [-0.25, -0.2) is 9.07 Å². The summed E-state index contributed by atoms with van der Waals surface area (Å²) in [5.41, 5.74) is 9.25. The van der Waals surface area contributed by atoms with E-state index < -0.39 is 30.1 Å². The molecule has 85 heavy (non-hydrogen) atoms. The number of likely N-dealkylation sites (tertiary alicyclic amines) is 1. The maximum absolute atomic E-state index is 16.2. The van der Waals surface area contributed by atoms with Crippen LogP contribution in [0.3, 0.4) is 0 Å². The molecule has 4 aromatic carbocycles. The fourth-order valence-corrected chi connectivity index (χ4v) is 14.1. The number of H-pyrrole nitrogens is 1. The van der Waals surface area contributed by atoms with E-state index in [1.807, 2.05) is 87.0 Å². The summed E-state index contributed by atoms with van der Waals surface area (Å²) < 4.78 is 39.4. The Morgan fingerprint density at radius 1 is 0.965 bits per heavy atom. The molecule has 5 N–H and O–H groups in total. The van der Waals surface area contributed by atoms with Gasteiger partial charge in [-0.15, -0.1) is 5.10 Å². The highest BCUT2D eigenvalue weighted by molar-refractivity contribution is 6.06. The number of ether oxygens (including phenoxy) is 3. The highest BCUT2D eigenvalue weighted by Gasteiger charge is 2.48. The number of fused-ring (bicyclic) bond motifs is 4. The quantitative estimate of drug-likeness (QED) is 0.0546. The molecule has 8 aromatic rings. The van der Waals surface area contributed by atoms with Crippen molar-refractivity contribution in [1.82, 2.24) is 60.5 Å². The smallest absolute Gasteiger partial charge is 0.319 e. The van der Waals surface area contributed by atoms with Gasteiger partial charge < -0.3 is 44.9 Å². The summed E-state index contributed by atoms with van der Waals surface area (Å²) in [4.78, 5) is 43.2. The average molecular weight is 1150 g/mol. The van der Waals surface area contributed by atoms with Crippen molar-refractivity contribution < 1.29 is 38.4 Å². The lowest BCUT2D eigenvalue weighted by atomic mass is 9.62. The van der Waals surface area contributed by atoms with Gasteiger partial charge in [-0.05, 0) is 122 Å². The number of halogens is 1. The lowest BCUT2D eigenvalue weighted by Gasteiger charge is -2.49. The van der Waals surface area contributed by atoms with Crippen molar-refractivity contribution in [1.29, 1.82) is 0 Å². The molecule has 6 atom stereocenters. The number of piperazine rings is 1. The number of carbonyl (C=O) groups excluding carboxylic acids is 2. The zero-order valence-corrected chi connectivity index (χ0v) is 48.4. The van der Waals surface area contributed by atoms with Crippen LogP contribution < -0.4 is 25.0 Å². The minimum Gasteiger partial charge on any atom is -0.486 e. The number of aryl methyl sites for hydroxylation is 1. The van der Waals surface area contributed by atoms with E-state index in [0.29, 0.717) is 52.2 Å². The number of hydrogen-bond acceptors (Lipinski definition) is 15. The number of anilines is 1. The van der Waals surface area contributed by atoms with E-state index in [1.54, 1.807) is 18.6 Å². The molecule has 20 nitrogen and oxygen atoms in total. The third-order valence-electron chi connectivity index (χ3n) is 18.9. The van der Waals surface area contributed by atoms with Crippen molar-refractivity contribution in [2.24, 2.45) is 11.3 Å². The lowest BCUT2D eigenvalue weighted by molar-refractivity contribution is -0.142. The Bertz CT molecular complexity index is 3810. The van der Waals surface area contributed by atoms with Gasteiger partial charge in [0.15, 0.2) is 5.75 Å². The highest BCUT2D eigenvalue weighted by Crippen LogP contribution is 2.55. The first-order valence-electron chi connectivity index (χ1n) is 30.2. The van der Waals surface area contributed by atoms with Crippen LogP contribution in [0.1, 0.15) is 112 Å². The van der Waals surface area contributed by atoms with Crippen LogP contribution in [0.2, 0.25) is 0 Å². The fourth-order valence-electron chi connectivity index (χ4n) is 14.1. The number of amides is 2. The van der Waals surface area contributed by atoms with Gasteiger partial charge in [0.1, 0.15) is 47.6 Å². The number of aliphatic hydroxyl groups is 2. The van der Waals surface area contributed by atoms with Gasteiger partial charge in [-0.3, -0.25) is 19.4 Å². The van der Waals surface area contributed by atoms with Crippen LogP contribution in [0.15, 0.2) is 85.3 Å². The van der Waals surface area contributed by atoms with Crippen LogP contribution in [0, 0.1) is 24.1 Å². The monoisotopic (exact) mass is 1150 g/mol. The number of rotatable bonds is 18. The number of aromatic nitrogens is 9. The van der Waals surface area contributed by atoms with Crippen molar-refractivity contribution in [2.75, 3.05) is 44.4 Å². The van der Waals surface area contributed by atoms with Gasteiger partial charge in [-0.1, -0.05) is 67.6 Å². The van der Waals surface area contributed by atoms with E-state index in [1.165, 1.54) is 15.6 Å². The number of nitrogens with zero attached hydrogens (tertiary/aromatic N) is 10. The van der Waals surface area contributed by atoms with Gasteiger partial charge >= 0.3 is 6.01 Å². The Hall–Kier alpha value is -7.85. The number of carbonyl (C=O) groups is 2. The molecule has 2 aliphatic carbocycles. The summed E-state index contributed by atoms with van der Waals surface area (Å²) >= 11 is 0. The summed E-state index contributed by atoms with van der Waals surface area (Å²) in [5, 5.41) is 50.5. The second-order valence-electron chi connectivity index (χ2n) is 24.8. The van der Waals surface area contributed by atoms with Crippen molar-refractivity contribution in [2.45, 2.75) is 141 Å². The SMILES string of the molecule is CCn1nccc1-c1ccc([C@H](CO)NC(=O)[C@@H]2C[C@@H](O)CN2C(=O)[C@H](C(C)C)n2cc(-c3ccc(COc4c(-c5c(C)c(F)cc6[nH]ncc56)c(C5CC5)cc5c(N6C[C@@H]7C[C@H]6CN7)nc(OC6CC7(CCOCC7)C6)nc45)cc3)nn2)cc1. The molecule has 21 heteroatoms. The van der Waals surface area contributed by atoms with Crippen LogP contribution in [-0.2, 0) is 27.5 Å². The number of nitrogens with one attached hydrogen (secondary N) is 3. The first-order valence-corrected chi connectivity index (χ1v) is 30.2. The Kier molecular flexibility index (Phi) is 14.4. The van der Waals surface area contributed by atoms with E-state index in [9.17, 15) is 19.8 Å². The predicted molar refractivity (Wildman–Crippen MR) is 316 cm³/mol. The van der Waals surface area contributed by atoms with Crippen LogP contribution >= 0.6 is 0 Å². The molecule has 2 amide bonds. The Balaban J connectivity index is 0.744. The molecule has 442 valence electrons. The number of β-amino-alcohol motifs (C(OH)–C–C–N with tert-alkyl or cyclic N) is 1. The molecule has 0 unspecified atom stereocenters. The molecule has 2 saturated carbocycles. The molecule has 6 fully saturated rings. The minimum atomic E-state index is -0.983. The molecule has 4 saturated heterocycles. The molecular formula is C64H72FN13O7. The Morgan fingerprint density at radius 3 is 2.47 bits per heavy atom. The molecular weight excluding hydrogens is 1080 g/mol. The third kappa shape index (κ3) is 10.2. The lowest BCUT2D eigenvalue weighted by Crippen LogP contribution is -2.50. The zero-order valence-electron chi connectivity index (χ0n) is 48.4. The average Bonchev–Trinajstić information content (AvgIpc) is 4.43. The van der Waals surface area contributed by atoms with Crippen molar-refractivity contribution >= 4 is 39.4 Å². The first-order chi connectivity index (χ1) is 41.3. The Morgan fingerprint density at radius 2 is 1.75 bits per heavy atom. The topological polar surface area (TPSA) is 236 Å². The summed E-state index contributed by atoms with van der Waals surface area (Å²) in [6.07, 6.45) is 11.2. The maximum Gasteiger partial charge on any atom is 0.319 e. The molecule has 4 aliphatic heterocycles. The standard InChI is InChI=1S/C64H72FN13O7/c1-5-77-53(16-19-68-77)41-14-12-40(13-15-41)52(33-79)69-61(81)54-23-44(80)31-76(54)62(82)58(35(2)3)78-32-51(73-74-78)39-8-6-37(7-9-39)34-84-59-56(55-36(4)49(65)25-50-48(55)29-67-72-50)46(38-10-11-38)24-47-57(59)70-63(71-60(47)75-30-42-22-43(75)28-66-42)85-45-26-64(27-45)17-20-83-21-18-64/h6-9,12-16,19,24-25,29,32,35,38,42-45,52,54,58,66,79-80H,5,10-11,17-18,20-23,26-28,30-31,33-34H2,1-4H3,(H,67,72)(H,69,81)/t42-,43-,44+,52-,54-,58-/m0/s1. The summed E-state index contributed by atoms with van der Waals surface area (Å²) in [7, 11) is 0. The van der Waals surface area contributed by atoms with Gasteiger partial charge in [0, 0.05) is 91.6 Å². The maximum atomic E-state index is 16.2. The third-order valence-corrected chi connectivity index (χ3v) is 18.9. The van der Waals surface area contributed by atoms with Crippen LogP contribution in [-0.4, -0.2) is 142 Å². The summed E-state index contributed by atoms with van der Waals surface area (Å²) in [6.45, 7) is 11.3. The van der Waals surface area contributed by atoms with E-state index in [0.717, 1.165) is 127 Å². The summed E-state index contributed by atoms with van der Waals surface area (Å²) in [5.74, 6) is 0.129. The minimum absolute atomic E-state index is 0.0296. The van der Waals surface area contributed by atoms with Crippen LogP contribution in [0.5, 0.6) is 11.8 Å². The molecule has 6 aliphatic rings. The predicted octanol–water partition coefficient (Wildman–Crippen LogP) is 8.12. The molecule has 2 bridgehead atoms. The molecule has 8 heterocycles. The van der Waals surface area contributed by atoms with Gasteiger partial charge in [0.2, 0.25) is 11.8 Å². The van der Waals surface area contributed by atoms with Crippen molar-refractivity contribution in [3.63, 3.8) is 0 Å². The van der Waals surface area contributed by atoms with Gasteiger partial charge in [-0.2, -0.15) is 20.2 Å². The summed E-state index contributed by atoms with van der Waals surface area (Å²) in [6, 6.07) is 19.5. The van der Waals surface area contributed by atoms with Crippen molar-refractivity contribution in [3.8, 4) is 45.4 Å². The second kappa shape index (κ2) is 22.2. The number of hydrogen-bond donors (Lipinski definition) is 5. The van der Waals surface area contributed by atoms with Crippen LogP contribution in [0.4, 0.5) is 10.2 Å². The highest BCUT2D eigenvalue weighted by atomic mass is 19.1. The van der Waals surface area contributed by atoms with E-state index >= 15 is 4.39 Å². The Labute approximate surface area is 491 Å². The van der Waals surface area contributed by atoms with Gasteiger partial charge in [0.25, 0.3) is 0 Å². The first kappa shape index (κ1) is 55.0. The molecule has 14 rings (SSSR count). The number of benzene rings is 4. The van der Waals surface area contributed by atoms with Crippen LogP contribution in [0.25, 0.3) is 55.4 Å². The largest absolute Gasteiger partial charge is 0.486 e. The fraction of sp³-hybridized carbons (Fsp3) is 0.469. The molecule has 4 aromatic heterocycles. The van der Waals surface area contributed by atoms with E-state index in [2.05, 4.69) is 47.2 Å². The second-order valence-corrected chi connectivity index (χ2v) is 24.8. The van der Waals surface area contributed by atoms with E-state index in [4.69, 9.17) is 24.2 Å². The molecule has 0 radical (unpaired) electrons. The number of aromatic amines is 1. The molecule has 1 spiro atoms. The zero-order chi connectivity index (χ0) is 58.3. The van der Waals surface area contributed by atoms with E-state index in [-0.39, 0.29) is 67.3 Å². The normalized spacial score (nSPS) is 21.8.